The summed E-state index contributed by atoms with van der Waals surface area (Å²) in [7, 11) is 0. The Kier molecular flexibility index (Phi) is 8.81. The van der Waals surface area contributed by atoms with E-state index >= 15 is 0 Å². The standard InChI is InChI=1S/C30H40N2O4/c1-20(2)4-12-27-25-14-15-31-26(25)18-32(27)19-36-30-16-22(8-13-28(30)34)7-11-24(33)17-29(35)23-9-5-21(3)6-10-23/h5,8-9,13-16,18,20-21,23,27,29,34-35H,4,6-7,10-12,17,19H2,1-3H3/p+1/t21-,23+,27?,29-/m0/s1. The maximum atomic E-state index is 12.5. The lowest BCUT2D eigenvalue weighted by molar-refractivity contribution is -0.880. The number of quaternary nitrogens is 1. The molecular formula is C30H41N2O4+. The van der Waals surface area contributed by atoms with Crippen molar-refractivity contribution in [1.29, 1.82) is 0 Å². The lowest BCUT2D eigenvalue weighted by Gasteiger charge is -2.24. The fraction of sp³-hybridized carbons (Fsp3) is 0.533. The van der Waals surface area contributed by atoms with Crippen molar-refractivity contribution in [1.82, 2.24) is 0 Å². The van der Waals surface area contributed by atoms with Crippen LogP contribution >= 0.6 is 0 Å². The van der Waals surface area contributed by atoms with Crippen molar-refractivity contribution < 1.29 is 24.6 Å². The third-order valence-corrected chi connectivity index (χ3v) is 7.63. The van der Waals surface area contributed by atoms with Crippen molar-refractivity contribution in [3.8, 4) is 11.5 Å². The van der Waals surface area contributed by atoms with E-state index in [1.807, 2.05) is 18.3 Å². The molecule has 2 unspecified atom stereocenters. The first-order valence-electron chi connectivity index (χ1n) is 13.4. The molecule has 0 amide bonds. The first kappa shape index (κ1) is 26.4. The smallest absolute Gasteiger partial charge is 0.227 e. The Morgan fingerprint density at radius 1 is 1.25 bits per heavy atom. The van der Waals surface area contributed by atoms with Crippen molar-refractivity contribution in [2.45, 2.75) is 77.9 Å². The molecular weight excluding hydrogens is 452 g/mol. The molecule has 3 N–H and O–H groups in total. The van der Waals surface area contributed by atoms with Gasteiger partial charge in [0.15, 0.2) is 11.5 Å². The second kappa shape index (κ2) is 12.0. The Hall–Kier alpha value is -2.70. The van der Waals surface area contributed by atoms with Crippen LogP contribution < -0.4 is 9.64 Å². The van der Waals surface area contributed by atoms with Crippen molar-refractivity contribution >= 4 is 12.0 Å². The highest BCUT2D eigenvalue weighted by atomic mass is 16.5. The predicted molar refractivity (Wildman–Crippen MR) is 142 cm³/mol. The van der Waals surface area contributed by atoms with Gasteiger partial charge in [0, 0.05) is 37.0 Å². The van der Waals surface area contributed by atoms with Gasteiger partial charge in [-0.25, -0.2) is 0 Å². The number of allylic oxidation sites excluding steroid dienone is 2. The van der Waals surface area contributed by atoms with Crippen molar-refractivity contribution in [3.63, 3.8) is 0 Å². The molecule has 0 fully saturated rings. The Labute approximate surface area is 215 Å². The molecule has 6 nitrogen and oxygen atoms in total. The van der Waals surface area contributed by atoms with E-state index in [-0.39, 0.29) is 23.9 Å². The molecule has 0 saturated heterocycles. The number of carbonyl (C=O) groups excluding carboxylic acids is 1. The van der Waals surface area contributed by atoms with E-state index in [1.165, 1.54) is 10.5 Å². The van der Waals surface area contributed by atoms with Crippen LogP contribution in [0.4, 0.5) is 0 Å². The number of phenolic OH excluding ortho intramolecular Hbond substituents is 1. The summed E-state index contributed by atoms with van der Waals surface area (Å²) in [5.74, 6) is 1.85. The van der Waals surface area contributed by atoms with Crippen LogP contribution in [-0.2, 0) is 11.2 Å². The summed E-state index contributed by atoms with van der Waals surface area (Å²) in [5.41, 5.74) is 3.23. The molecule has 4 rings (SSSR count). The third-order valence-electron chi connectivity index (χ3n) is 7.63. The predicted octanol–water partition coefficient (Wildman–Crippen LogP) is 4.14. The number of rotatable bonds is 12. The van der Waals surface area contributed by atoms with Crippen LogP contribution in [0, 0.1) is 17.8 Å². The van der Waals surface area contributed by atoms with Gasteiger partial charge in [-0.1, -0.05) is 39.0 Å². The molecule has 1 aliphatic carbocycles. The van der Waals surface area contributed by atoms with Gasteiger partial charge in [0.2, 0.25) is 6.73 Å². The van der Waals surface area contributed by atoms with Gasteiger partial charge in [0.25, 0.3) is 0 Å². The number of carbonyl (C=O) groups is 1. The highest BCUT2D eigenvalue weighted by Crippen LogP contribution is 2.29. The summed E-state index contributed by atoms with van der Waals surface area (Å²) in [6.45, 7) is 7.05. The largest absolute Gasteiger partial charge is 0.504 e. The Balaban J connectivity index is 1.30. The quantitative estimate of drug-likeness (QED) is 0.382. The highest BCUT2D eigenvalue weighted by molar-refractivity contribution is 5.80. The molecule has 36 heavy (non-hydrogen) atoms. The lowest BCUT2D eigenvalue weighted by atomic mass is 9.84. The monoisotopic (exact) mass is 493 g/mol. The summed E-state index contributed by atoms with van der Waals surface area (Å²) < 4.78 is 6.08. The number of aryl methyl sites for hydroxylation is 1. The number of hydrogen-bond donors (Lipinski definition) is 3. The number of aromatic hydroxyl groups is 1. The fourth-order valence-corrected chi connectivity index (χ4v) is 5.29. The number of aliphatic hydroxyl groups is 1. The van der Waals surface area contributed by atoms with Crippen molar-refractivity contribution in [3.05, 3.63) is 59.5 Å². The zero-order chi connectivity index (χ0) is 25.7. The zero-order valence-corrected chi connectivity index (χ0v) is 21.8. The molecule has 0 aromatic heterocycles. The van der Waals surface area contributed by atoms with Crippen LogP contribution in [0.3, 0.4) is 0 Å². The minimum absolute atomic E-state index is 0.0616. The number of nitrogens with zero attached hydrogens (tertiary/aromatic N) is 1. The number of ether oxygens (including phenoxy) is 1. The van der Waals surface area contributed by atoms with E-state index < -0.39 is 6.10 Å². The van der Waals surface area contributed by atoms with Crippen molar-refractivity contribution in [2.24, 2.45) is 22.7 Å². The fourth-order valence-electron chi connectivity index (χ4n) is 5.29. The Morgan fingerprint density at radius 3 is 2.83 bits per heavy atom. The van der Waals surface area contributed by atoms with E-state index in [2.05, 4.69) is 50.2 Å². The molecule has 2 heterocycles. The van der Waals surface area contributed by atoms with Gasteiger partial charge in [-0.05, 0) is 61.3 Å². The van der Waals surface area contributed by atoms with E-state index in [4.69, 9.17) is 4.74 Å². The van der Waals surface area contributed by atoms with Gasteiger partial charge in [-0.15, -0.1) is 0 Å². The molecule has 0 bridgehead atoms. The van der Waals surface area contributed by atoms with Crippen molar-refractivity contribution in [2.75, 3.05) is 6.73 Å². The number of fused-ring (bicyclic) bond motifs is 1. The highest BCUT2D eigenvalue weighted by Gasteiger charge is 2.36. The average Bonchev–Trinajstić information content (AvgIpc) is 3.43. The van der Waals surface area contributed by atoms with E-state index in [9.17, 15) is 15.0 Å². The second-order valence-corrected chi connectivity index (χ2v) is 11.0. The molecule has 1 aromatic carbocycles. The van der Waals surface area contributed by atoms with E-state index in [1.54, 1.807) is 6.07 Å². The maximum Gasteiger partial charge on any atom is 0.227 e. The maximum absolute atomic E-state index is 12.5. The number of Topliss-reactive ketones (excluding diaryl/α,β-unsaturated/α-hetero) is 1. The van der Waals surface area contributed by atoms with Gasteiger partial charge in [0.1, 0.15) is 23.7 Å². The number of benzene rings is 1. The van der Waals surface area contributed by atoms with Crippen LogP contribution in [0.25, 0.3) is 0 Å². The summed E-state index contributed by atoms with van der Waals surface area (Å²) >= 11 is 0. The summed E-state index contributed by atoms with van der Waals surface area (Å²) in [6, 6.07) is 5.60. The first-order chi connectivity index (χ1) is 17.3. The average molecular weight is 494 g/mol. The molecule has 194 valence electrons. The van der Waals surface area contributed by atoms with Gasteiger partial charge >= 0.3 is 0 Å². The Morgan fingerprint density at radius 2 is 2.08 bits per heavy atom. The minimum Gasteiger partial charge on any atom is -0.504 e. The van der Waals surface area contributed by atoms with Crippen LogP contribution in [0.5, 0.6) is 11.5 Å². The molecule has 0 spiro atoms. The minimum atomic E-state index is -0.611. The topological polar surface area (TPSA) is 83.6 Å². The summed E-state index contributed by atoms with van der Waals surface area (Å²) in [5, 5.41) is 20.9. The number of ketones is 1. The molecule has 0 saturated carbocycles. The molecule has 5 atom stereocenters. The number of phenols is 1. The zero-order valence-electron chi connectivity index (χ0n) is 21.8. The number of hydrogen-bond acceptors (Lipinski definition) is 5. The molecule has 3 aliphatic rings. The van der Waals surface area contributed by atoms with Crippen LogP contribution in [0.2, 0.25) is 0 Å². The number of aliphatic hydroxyl groups excluding tert-OH is 1. The van der Waals surface area contributed by atoms with Gasteiger partial charge in [-0.2, -0.15) is 0 Å². The molecule has 0 radical (unpaired) electrons. The molecule has 6 heteroatoms. The third kappa shape index (κ3) is 6.74. The van der Waals surface area contributed by atoms with Gasteiger partial charge in [0.05, 0.1) is 6.10 Å². The summed E-state index contributed by atoms with van der Waals surface area (Å²) in [6.07, 6.45) is 15.0. The van der Waals surface area contributed by atoms with Gasteiger partial charge < -0.3 is 14.9 Å². The Bertz CT molecular complexity index is 1060. The van der Waals surface area contributed by atoms with E-state index in [0.29, 0.717) is 43.2 Å². The number of nitrogens with one attached hydrogen (secondary N) is 1. The lowest BCUT2D eigenvalue weighted by Crippen LogP contribution is -3.11. The van der Waals surface area contributed by atoms with Crippen LogP contribution in [-0.4, -0.2) is 41.1 Å². The SMILES string of the molecule is CC(C)CCC1C2=CC=NC2=C[NH+]1COc1cc(CCC(=O)C[C@H](O)[C@@H]2C=C[C@H](C)CC2)ccc1O. The molecule has 2 aliphatic heterocycles. The second-order valence-electron chi connectivity index (χ2n) is 11.0. The normalized spacial score (nSPS) is 25.6. The van der Waals surface area contributed by atoms with Gasteiger partial charge in [-0.3, -0.25) is 14.7 Å². The first-order valence-corrected chi connectivity index (χ1v) is 13.4. The molecule has 1 aromatic rings. The summed E-state index contributed by atoms with van der Waals surface area (Å²) in [4.78, 5) is 18.2. The van der Waals surface area contributed by atoms with E-state index in [0.717, 1.165) is 36.9 Å². The van der Waals surface area contributed by atoms with Crippen LogP contribution in [0.1, 0.15) is 64.9 Å². The van der Waals surface area contributed by atoms with Crippen LogP contribution in [0.15, 0.2) is 58.9 Å². The number of aliphatic imine (C=N–C) groups is 1.